The molecule has 1 heterocycles. The number of aromatic nitrogens is 2. The van der Waals surface area contributed by atoms with E-state index in [2.05, 4.69) is 33.6 Å². The van der Waals surface area contributed by atoms with Crippen LogP contribution in [0.25, 0.3) is 11.0 Å². The van der Waals surface area contributed by atoms with Crippen LogP contribution in [0.1, 0.15) is 24.2 Å². The number of rotatable bonds is 7. The van der Waals surface area contributed by atoms with E-state index >= 15 is 0 Å². The van der Waals surface area contributed by atoms with Crippen LogP contribution in [0, 0.1) is 0 Å². The van der Waals surface area contributed by atoms with E-state index in [0.29, 0.717) is 17.2 Å². The monoisotopic (exact) mass is 387 g/mol. The molecule has 6 nitrogen and oxygen atoms in total. The maximum atomic E-state index is 12.6. The number of hydrogen-bond acceptors (Lipinski definition) is 4. The molecule has 3 rings (SSSR count). The number of carbonyl (C=O) groups is 1. The number of anilines is 2. The minimum Gasteiger partial charge on any atom is -0.399 e. The van der Waals surface area contributed by atoms with Gasteiger partial charge in [-0.3, -0.25) is 10.1 Å². The van der Waals surface area contributed by atoms with Crippen molar-refractivity contribution >= 4 is 41.0 Å². The maximum Gasteiger partial charge on any atom is 0.257 e. The third-order valence-corrected chi connectivity index (χ3v) is 4.59. The van der Waals surface area contributed by atoms with Gasteiger partial charge in [0, 0.05) is 24.3 Å². The molecule has 0 saturated heterocycles. The van der Waals surface area contributed by atoms with Gasteiger partial charge in [0.15, 0.2) is 0 Å². The van der Waals surface area contributed by atoms with Gasteiger partial charge in [0.05, 0.1) is 11.0 Å². The molecule has 7 heteroatoms. The molecule has 3 aromatic rings. The zero-order chi connectivity index (χ0) is 18.5. The van der Waals surface area contributed by atoms with Crippen LogP contribution in [0.4, 0.5) is 11.6 Å². The zero-order valence-electron chi connectivity index (χ0n) is 15.7. The fourth-order valence-corrected chi connectivity index (χ4v) is 2.99. The van der Waals surface area contributed by atoms with Crippen molar-refractivity contribution in [1.82, 2.24) is 14.5 Å². The van der Waals surface area contributed by atoms with Crippen LogP contribution in [-0.2, 0) is 6.54 Å². The minimum absolute atomic E-state index is 0. The zero-order valence-corrected chi connectivity index (χ0v) is 16.5. The summed E-state index contributed by atoms with van der Waals surface area (Å²) in [6.07, 6.45) is 0. The molecule has 0 saturated carbocycles. The molecular formula is C20H26ClN5O. The maximum absolute atomic E-state index is 12.6. The van der Waals surface area contributed by atoms with Crippen molar-refractivity contribution in [2.24, 2.45) is 0 Å². The Labute approximate surface area is 165 Å². The van der Waals surface area contributed by atoms with Crippen molar-refractivity contribution in [3.8, 4) is 0 Å². The van der Waals surface area contributed by atoms with E-state index in [1.807, 2.05) is 24.3 Å². The number of nitrogens with one attached hydrogen (secondary N) is 1. The first-order valence-corrected chi connectivity index (χ1v) is 8.97. The summed E-state index contributed by atoms with van der Waals surface area (Å²) in [6, 6.07) is 14.8. The van der Waals surface area contributed by atoms with Gasteiger partial charge in [0.25, 0.3) is 5.91 Å². The minimum atomic E-state index is -0.190. The Balaban J connectivity index is 0.00000261. The number of benzene rings is 2. The van der Waals surface area contributed by atoms with Crippen molar-refractivity contribution in [2.75, 3.05) is 30.7 Å². The number of fused-ring (bicyclic) bond motifs is 1. The molecule has 2 aromatic carbocycles. The molecule has 0 fully saturated rings. The van der Waals surface area contributed by atoms with Crippen molar-refractivity contribution < 1.29 is 4.79 Å². The normalized spacial score (nSPS) is 10.8. The summed E-state index contributed by atoms with van der Waals surface area (Å²) in [6.45, 7) is 7.96. The highest BCUT2D eigenvalue weighted by Gasteiger charge is 2.15. The third-order valence-electron chi connectivity index (χ3n) is 4.59. The number of para-hydroxylation sites is 2. The summed E-state index contributed by atoms with van der Waals surface area (Å²) in [4.78, 5) is 19.5. The van der Waals surface area contributed by atoms with E-state index in [9.17, 15) is 4.79 Å². The highest BCUT2D eigenvalue weighted by atomic mass is 35.5. The second kappa shape index (κ2) is 9.39. The Kier molecular flexibility index (Phi) is 7.21. The number of likely N-dealkylation sites (N-methyl/N-ethyl adjacent to an activating group) is 1. The summed E-state index contributed by atoms with van der Waals surface area (Å²) >= 11 is 0. The fourth-order valence-electron chi connectivity index (χ4n) is 2.99. The van der Waals surface area contributed by atoms with Crippen LogP contribution >= 0.6 is 12.4 Å². The predicted molar refractivity (Wildman–Crippen MR) is 114 cm³/mol. The average Bonchev–Trinajstić information content (AvgIpc) is 3.00. The molecule has 144 valence electrons. The molecule has 1 amide bonds. The van der Waals surface area contributed by atoms with Crippen molar-refractivity contribution in [2.45, 2.75) is 20.4 Å². The smallest absolute Gasteiger partial charge is 0.257 e. The van der Waals surface area contributed by atoms with Gasteiger partial charge in [-0.1, -0.05) is 26.0 Å². The summed E-state index contributed by atoms with van der Waals surface area (Å²) in [5.74, 6) is 0.379. The lowest BCUT2D eigenvalue weighted by atomic mass is 10.2. The Morgan fingerprint density at radius 2 is 1.78 bits per heavy atom. The average molecular weight is 388 g/mol. The molecule has 0 spiro atoms. The van der Waals surface area contributed by atoms with Gasteiger partial charge < -0.3 is 15.2 Å². The van der Waals surface area contributed by atoms with Gasteiger partial charge in [-0.25, -0.2) is 4.98 Å². The van der Waals surface area contributed by atoms with E-state index in [1.165, 1.54) is 0 Å². The highest BCUT2D eigenvalue weighted by molar-refractivity contribution is 6.04. The van der Waals surface area contributed by atoms with Gasteiger partial charge in [0.1, 0.15) is 0 Å². The molecule has 0 aliphatic carbocycles. The topological polar surface area (TPSA) is 76.2 Å². The number of nitrogen functional groups attached to an aromatic ring is 1. The lowest BCUT2D eigenvalue weighted by Crippen LogP contribution is -2.27. The van der Waals surface area contributed by atoms with Crippen LogP contribution in [0.5, 0.6) is 0 Å². The lowest BCUT2D eigenvalue weighted by molar-refractivity contribution is 0.102. The number of nitrogens with zero attached hydrogens (tertiary/aromatic N) is 3. The number of imidazole rings is 1. The van der Waals surface area contributed by atoms with Crippen LogP contribution in [0.15, 0.2) is 48.5 Å². The molecule has 1 aromatic heterocycles. The Morgan fingerprint density at radius 1 is 1.11 bits per heavy atom. The molecule has 0 bridgehead atoms. The Hall–Kier alpha value is -2.57. The van der Waals surface area contributed by atoms with Gasteiger partial charge in [-0.2, -0.15) is 0 Å². The number of halogens is 1. The van der Waals surface area contributed by atoms with Crippen molar-refractivity contribution in [3.05, 3.63) is 54.1 Å². The van der Waals surface area contributed by atoms with Gasteiger partial charge in [0.2, 0.25) is 5.95 Å². The van der Waals surface area contributed by atoms with E-state index < -0.39 is 0 Å². The first-order chi connectivity index (χ1) is 12.6. The fraction of sp³-hybridized carbons (Fsp3) is 0.300. The first kappa shape index (κ1) is 20.7. The molecule has 0 radical (unpaired) electrons. The van der Waals surface area contributed by atoms with Crippen LogP contribution < -0.4 is 11.1 Å². The second-order valence-corrected chi connectivity index (χ2v) is 6.18. The number of hydrogen-bond donors (Lipinski definition) is 2. The van der Waals surface area contributed by atoms with E-state index in [4.69, 9.17) is 5.73 Å². The summed E-state index contributed by atoms with van der Waals surface area (Å²) in [7, 11) is 0. The second-order valence-electron chi connectivity index (χ2n) is 6.18. The Bertz CT molecular complexity index is 887. The number of amides is 1. The molecule has 3 N–H and O–H groups in total. The summed E-state index contributed by atoms with van der Waals surface area (Å²) in [5, 5.41) is 2.95. The lowest BCUT2D eigenvalue weighted by Gasteiger charge is -2.19. The van der Waals surface area contributed by atoms with Crippen LogP contribution in [0.3, 0.4) is 0 Å². The summed E-state index contributed by atoms with van der Waals surface area (Å²) < 4.78 is 2.07. The third kappa shape index (κ3) is 4.78. The summed E-state index contributed by atoms with van der Waals surface area (Å²) in [5.41, 5.74) is 8.78. The molecular weight excluding hydrogens is 362 g/mol. The Morgan fingerprint density at radius 3 is 2.44 bits per heavy atom. The number of carbonyl (C=O) groups excluding carboxylic acids is 1. The van der Waals surface area contributed by atoms with E-state index in [1.54, 1.807) is 24.3 Å². The van der Waals surface area contributed by atoms with Crippen LogP contribution in [0.2, 0.25) is 0 Å². The predicted octanol–water partition coefficient (Wildman–Crippen LogP) is 3.63. The standard InChI is InChI=1S/C20H25N5O.ClH/c1-3-24(4-2)13-14-25-18-8-6-5-7-17(18)22-20(25)23-19(26)15-9-11-16(21)12-10-15;/h5-12H,3-4,13-14,21H2,1-2H3,(H,22,23,26);1H. The largest absolute Gasteiger partial charge is 0.399 e. The van der Waals surface area contributed by atoms with Crippen molar-refractivity contribution in [1.29, 1.82) is 0 Å². The molecule has 27 heavy (non-hydrogen) atoms. The van der Waals surface area contributed by atoms with E-state index in [-0.39, 0.29) is 18.3 Å². The highest BCUT2D eigenvalue weighted by Crippen LogP contribution is 2.20. The van der Waals surface area contributed by atoms with Gasteiger partial charge >= 0.3 is 0 Å². The molecule has 0 aliphatic rings. The van der Waals surface area contributed by atoms with Crippen molar-refractivity contribution in [3.63, 3.8) is 0 Å². The van der Waals surface area contributed by atoms with Gasteiger partial charge in [-0.05, 0) is 49.5 Å². The first-order valence-electron chi connectivity index (χ1n) is 8.97. The van der Waals surface area contributed by atoms with E-state index in [0.717, 1.165) is 37.2 Å². The number of nitrogens with two attached hydrogens (primary N) is 1. The molecule has 0 atom stereocenters. The molecule has 0 aliphatic heterocycles. The van der Waals surface area contributed by atoms with Gasteiger partial charge in [-0.15, -0.1) is 12.4 Å². The molecule has 0 unspecified atom stereocenters. The van der Waals surface area contributed by atoms with Crippen LogP contribution in [-0.4, -0.2) is 40.0 Å². The SMILES string of the molecule is CCN(CC)CCn1c(NC(=O)c2ccc(N)cc2)nc2ccccc21.Cl. The quantitative estimate of drug-likeness (QED) is 0.607.